The molecule has 0 unspecified atom stereocenters. The summed E-state index contributed by atoms with van der Waals surface area (Å²) in [5, 5.41) is 3.03. The summed E-state index contributed by atoms with van der Waals surface area (Å²) in [5.41, 5.74) is 2.26. The number of para-hydroxylation sites is 2. The van der Waals surface area contributed by atoms with E-state index in [0.29, 0.717) is 6.54 Å². The molecule has 1 aliphatic rings. The Balaban J connectivity index is 1.71. The van der Waals surface area contributed by atoms with E-state index in [1.165, 1.54) is 11.9 Å². The average molecular weight is 285 g/mol. The van der Waals surface area contributed by atoms with Crippen molar-refractivity contribution in [1.29, 1.82) is 0 Å². The minimum Gasteiger partial charge on any atom is -0.355 e. The number of amides is 1. The van der Waals surface area contributed by atoms with Crippen molar-refractivity contribution in [1.82, 2.24) is 14.9 Å². The fraction of sp³-hybridized carbons (Fsp3) is 0.529. The van der Waals surface area contributed by atoms with E-state index in [1.54, 1.807) is 0 Å². The summed E-state index contributed by atoms with van der Waals surface area (Å²) < 4.78 is 2.31. The van der Waals surface area contributed by atoms with Gasteiger partial charge in [0.05, 0.1) is 11.0 Å². The van der Waals surface area contributed by atoms with Crippen molar-refractivity contribution in [3.63, 3.8) is 0 Å². The van der Waals surface area contributed by atoms with Crippen molar-refractivity contribution in [3.05, 3.63) is 30.1 Å². The standard InChI is InChI=1S/C17H23N3O/c1-2-3-12-20-15-7-5-4-6-14(15)19-16(20)10-11-18-17(21)13-8-9-13/h4-7,13H,2-3,8-12H2,1H3,(H,18,21). The highest BCUT2D eigenvalue weighted by atomic mass is 16.2. The quantitative estimate of drug-likeness (QED) is 0.850. The Morgan fingerprint density at radius 1 is 1.38 bits per heavy atom. The van der Waals surface area contributed by atoms with Gasteiger partial charge in [-0.2, -0.15) is 0 Å². The number of nitrogens with one attached hydrogen (secondary N) is 1. The first-order valence-corrected chi connectivity index (χ1v) is 8.01. The van der Waals surface area contributed by atoms with Crippen LogP contribution in [0.25, 0.3) is 11.0 Å². The van der Waals surface area contributed by atoms with Gasteiger partial charge in [0, 0.05) is 25.4 Å². The number of aryl methyl sites for hydroxylation is 1. The smallest absolute Gasteiger partial charge is 0.223 e. The van der Waals surface area contributed by atoms with Crippen LogP contribution in [0.1, 0.15) is 38.4 Å². The Bertz CT molecular complexity index is 628. The van der Waals surface area contributed by atoms with Gasteiger partial charge in [0.1, 0.15) is 5.82 Å². The van der Waals surface area contributed by atoms with Crippen LogP contribution in [-0.2, 0) is 17.8 Å². The van der Waals surface area contributed by atoms with Gasteiger partial charge in [-0.1, -0.05) is 25.5 Å². The SMILES string of the molecule is CCCCn1c(CCNC(=O)C2CC2)nc2ccccc21. The van der Waals surface area contributed by atoms with E-state index in [1.807, 2.05) is 6.07 Å². The van der Waals surface area contributed by atoms with Crippen molar-refractivity contribution in [3.8, 4) is 0 Å². The number of benzene rings is 1. The summed E-state index contributed by atoms with van der Waals surface area (Å²) in [5.74, 6) is 1.58. The second-order valence-electron chi connectivity index (χ2n) is 5.84. The molecule has 1 aromatic carbocycles. The third-order valence-corrected chi connectivity index (χ3v) is 4.06. The molecule has 1 aliphatic carbocycles. The van der Waals surface area contributed by atoms with Crippen molar-refractivity contribution in [2.75, 3.05) is 6.54 Å². The van der Waals surface area contributed by atoms with Gasteiger partial charge in [0.2, 0.25) is 5.91 Å². The van der Waals surface area contributed by atoms with E-state index in [-0.39, 0.29) is 11.8 Å². The van der Waals surface area contributed by atoms with Crippen LogP contribution in [0.5, 0.6) is 0 Å². The molecule has 1 heterocycles. The maximum Gasteiger partial charge on any atom is 0.223 e. The lowest BCUT2D eigenvalue weighted by atomic mass is 10.3. The predicted octanol–water partition coefficient (Wildman–Crippen LogP) is 2.91. The molecule has 112 valence electrons. The van der Waals surface area contributed by atoms with Crippen molar-refractivity contribution in [2.24, 2.45) is 5.92 Å². The first-order valence-electron chi connectivity index (χ1n) is 8.01. The van der Waals surface area contributed by atoms with Gasteiger partial charge >= 0.3 is 0 Å². The Labute approximate surface area is 125 Å². The lowest BCUT2D eigenvalue weighted by Gasteiger charge is -2.09. The van der Waals surface area contributed by atoms with E-state index in [2.05, 4.69) is 35.0 Å². The second-order valence-corrected chi connectivity index (χ2v) is 5.84. The van der Waals surface area contributed by atoms with Crippen LogP contribution in [-0.4, -0.2) is 22.0 Å². The van der Waals surface area contributed by atoms with E-state index in [4.69, 9.17) is 4.98 Å². The Morgan fingerprint density at radius 2 is 2.19 bits per heavy atom. The fourth-order valence-corrected chi connectivity index (χ4v) is 2.67. The molecular formula is C17H23N3O. The number of hydrogen-bond donors (Lipinski definition) is 1. The monoisotopic (exact) mass is 285 g/mol. The number of hydrogen-bond acceptors (Lipinski definition) is 2. The van der Waals surface area contributed by atoms with Crippen LogP contribution in [0.4, 0.5) is 0 Å². The zero-order valence-corrected chi connectivity index (χ0v) is 12.6. The zero-order valence-electron chi connectivity index (χ0n) is 12.6. The Morgan fingerprint density at radius 3 is 2.95 bits per heavy atom. The molecule has 0 spiro atoms. The number of carbonyl (C=O) groups is 1. The van der Waals surface area contributed by atoms with Crippen LogP contribution in [0, 0.1) is 5.92 Å². The topological polar surface area (TPSA) is 46.9 Å². The summed E-state index contributed by atoms with van der Waals surface area (Å²) in [6, 6.07) is 8.28. The van der Waals surface area contributed by atoms with Crippen molar-refractivity contribution < 1.29 is 4.79 Å². The van der Waals surface area contributed by atoms with Crippen molar-refractivity contribution >= 4 is 16.9 Å². The maximum atomic E-state index is 11.7. The fourth-order valence-electron chi connectivity index (χ4n) is 2.67. The highest BCUT2D eigenvalue weighted by molar-refractivity contribution is 5.80. The summed E-state index contributed by atoms with van der Waals surface area (Å²) >= 11 is 0. The Hall–Kier alpha value is -1.84. The van der Waals surface area contributed by atoms with Crippen LogP contribution < -0.4 is 5.32 Å². The third-order valence-electron chi connectivity index (χ3n) is 4.06. The molecule has 4 nitrogen and oxygen atoms in total. The molecule has 1 saturated carbocycles. The number of fused-ring (bicyclic) bond motifs is 1. The number of rotatable bonds is 7. The number of imidazole rings is 1. The molecule has 1 aromatic heterocycles. The molecule has 1 fully saturated rings. The number of aromatic nitrogens is 2. The summed E-state index contributed by atoms with van der Waals surface area (Å²) in [7, 11) is 0. The van der Waals surface area contributed by atoms with Crippen LogP contribution in [0.15, 0.2) is 24.3 Å². The lowest BCUT2D eigenvalue weighted by molar-refractivity contribution is -0.122. The van der Waals surface area contributed by atoms with Crippen LogP contribution in [0.3, 0.4) is 0 Å². The number of unbranched alkanes of at least 4 members (excludes halogenated alkanes) is 1. The van der Waals surface area contributed by atoms with Gasteiger partial charge in [-0.25, -0.2) is 4.98 Å². The first kappa shape index (κ1) is 14.1. The van der Waals surface area contributed by atoms with Gasteiger partial charge in [0.25, 0.3) is 0 Å². The van der Waals surface area contributed by atoms with Gasteiger partial charge < -0.3 is 9.88 Å². The minimum atomic E-state index is 0.214. The molecule has 1 N–H and O–H groups in total. The minimum absolute atomic E-state index is 0.214. The average Bonchev–Trinajstić information content (AvgIpc) is 3.28. The largest absolute Gasteiger partial charge is 0.355 e. The normalized spacial score (nSPS) is 14.5. The van der Waals surface area contributed by atoms with E-state index in [0.717, 1.165) is 43.6 Å². The van der Waals surface area contributed by atoms with Crippen LogP contribution >= 0.6 is 0 Å². The molecule has 2 aromatic rings. The van der Waals surface area contributed by atoms with Gasteiger partial charge in [-0.05, 0) is 31.4 Å². The van der Waals surface area contributed by atoms with E-state index in [9.17, 15) is 4.79 Å². The van der Waals surface area contributed by atoms with E-state index >= 15 is 0 Å². The van der Waals surface area contributed by atoms with Crippen molar-refractivity contribution in [2.45, 2.75) is 45.6 Å². The summed E-state index contributed by atoms with van der Waals surface area (Å²) in [6.07, 6.45) is 5.24. The summed E-state index contributed by atoms with van der Waals surface area (Å²) in [4.78, 5) is 16.4. The molecule has 0 aliphatic heterocycles. The van der Waals surface area contributed by atoms with Gasteiger partial charge in [-0.15, -0.1) is 0 Å². The molecule has 3 rings (SSSR count). The van der Waals surface area contributed by atoms with Gasteiger partial charge in [-0.3, -0.25) is 4.79 Å². The molecule has 21 heavy (non-hydrogen) atoms. The first-order chi connectivity index (χ1) is 10.3. The van der Waals surface area contributed by atoms with E-state index < -0.39 is 0 Å². The van der Waals surface area contributed by atoms with Crippen LogP contribution in [0.2, 0.25) is 0 Å². The summed E-state index contributed by atoms with van der Waals surface area (Å²) in [6.45, 7) is 3.89. The molecular weight excluding hydrogens is 262 g/mol. The number of carbonyl (C=O) groups excluding carboxylic acids is 1. The highest BCUT2D eigenvalue weighted by Crippen LogP contribution is 2.28. The molecule has 0 bridgehead atoms. The zero-order chi connectivity index (χ0) is 14.7. The highest BCUT2D eigenvalue weighted by Gasteiger charge is 2.29. The maximum absolute atomic E-state index is 11.7. The molecule has 1 amide bonds. The third kappa shape index (κ3) is 3.26. The molecule has 4 heteroatoms. The molecule has 0 atom stereocenters. The molecule has 0 radical (unpaired) electrons. The Kier molecular flexibility index (Phi) is 4.23. The lowest BCUT2D eigenvalue weighted by Crippen LogP contribution is -2.27. The number of nitrogens with zero attached hydrogens (tertiary/aromatic N) is 2. The molecule has 0 saturated heterocycles. The van der Waals surface area contributed by atoms with Gasteiger partial charge in [0.15, 0.2) is 0 Å². The second kappa shape index (κ2) is 6.29. The predicted molar refractivity (Wildman–Crippen MR) is 84.1 cm³/mol.